The molecule has 0 amide bonds. The van der Waals surface area contributed by atoms with Gasteiger partial charge < -0.3 is 15.0 Å². The number of hydrogen-bond acceptors (Lipinski definition) is 3. The molecule has 4 unspecified atom stereocenters. The van der Waals surface area contributed by atoms with Gasteiger partial charge in [-0.3, -0.25) is 0 Å². The van der Waals surface area contributed by atoms with E-state index in [2.05, 4.69) is 10.3 Å². The molecule has 3 fully saturated rings. The number of nitrogens with one attached hydrogen (secondary N) is 1. The summed E-state index contributed by atoms with van der Waals surface area (Å²) in [5, 5.41) is 14.2. The Kier molecular flexibility index (Phi) is 1.18. The summed E-state index contributed by atoms with van der Waals surface area (Å²) >= 11 is 0. The topological polar surface area (TPSA) is 50.1 Å². The highest BCUT2D eigenvalue weighted by Gasteiger charge is 2.74. The third-order valence-electron chi connectivity index (χ3n) is 4.62. The van der Waals surface area contributed by atoms with Crippen LogP contribution in [0.15, 0.2) is 12.4 Å². The minimum absolute atomic E-state index is 0.431. The number of hydrogen-bond donors (Lipinski definition) is 2. The van der Waals surface area contributed by atoms with Crippen LogP contribution in [0, 0.1) is 5.41 Å². The van der Waals surface area contributed by atoms with E-state index in [1.54, 1.807) is 6.20 Å². The molecule has 0 radical (unpaired) electrons. The van der Waals surface area contributed by atoms with Gasteiger partial charge in [-0.1, -0.05) is 0 Å². The molecule has 80 valence electrons. The number of aromatic nitrogens is 2. The Hall–Kier alpha value is -0.870. The lowest BCUT2D eigenvalue weighted by atomic mass is 9.92. The Labute approximate surface area is 88.3 Å². The Morgan fingerprint density at radius 1 is 1.53 bits per heavy atom. The maximum absolute atomic E-state index is 10.7. The van der Waals surface area contributed by atoms with Gasteiger partial charge in [0.15, 0.2) is 0 Å². The fourth-order valence-electron chi connectivity index (χ4n) is 3.76. The molecule has 1 saturated heterocycles. The second-order valence-electron chi connectivity index (χ2n) is 5.48. The van der Waals surface area contributed by atoms with Crippen LogP contribution in [-0.4, -0.2) is 26.7 Å². The van der Waals surface area contributed by atoms with Crippen molar-refractivity contribution in [2.24, 2.45) is 12.5 Å². The van der Waals surface area contributed by atoms with Gasteiger partial charge in [-0.2, -0.15) is 0 Å². The molecule has 4 heteroatoms. The van der Waals surface area contributed by atoms with Crippen molar-refractivity contribution < 1.29 is 5.11 Å². The minimum Gasteiger partial charge on any atom is -0.382 e. The van der Waals surface area contributed by atoms with E-state index in [0.717, 1.165) is 18.7 Å². The average molecular weight is 205 g/mol. The van der Waals surface area contributed by atoms with E-state index in [9.17, 15) is 5.11 Å². The number of imidazole rings is 1. The van der Waals surface area contributed by atoms with E-state index in [1.165, 1.54) is 6.42 Å². The van der Waals surface area contributed by atoms with E-state index in [1.807, 2.05) is 17.8 Å². The van der Waals surface area contributed by atoms with Gasteiger partial charge in [0.1, 0.15) is 11.4 Å². The summed E-state index contributed by atoms with van der Waals surface area (Å²) in [5.41, 5.74) is -0.262. The highest BCUT2D eigenvalue weighted by molar-refractivity contribution is 5.32. The van der Waals surface area contributed by atoms with Crippen LogP contribution in [0.2, 0.25) is 0 Å². The van der Waals surface area contributed by atoms with Crippen LogP contribution in [0.1, 0.15) is 25.1 Å². The second-order valence-corrected chi connectivity index (χ2v) is 5.48. The molecule has 2 saturated carbocycles. The first kappa shape index (κ1) is 8.30. The van der Waals surface area contributed by atoms with Gasteiger partial charge in [0.05, 0.1) is 0 Å². The highest BCUT2D eigenvalue weighted by Crippen LogP contribution is 2.68. The van der Waals surface area contributed by atoms with Crippen molar-refractivity contribution in [2.45, 2.75) is 36.9 Å². The molecule has 4 rings (SSSR count). The van der Waals surface area contributed by atoms with E-state index < -0.39 is 5.60 Å². The van der Waals surface area contributed by atoms with Crippen LogP contribution in [0.5, 0.6) is 0 Å². The second kappa shape index (κ2) is 2.13. The average Bonchev–Trinajstić information content (AvgIpc) is 2.50. The Balaban J connectivity index is 1.75. The van der Waals surface area contributed by atoms with Gasteiger partial charge in [-0.25, -0.2) is 4.98 Å². The van der Waals surface area contributed by atoms with Gasteiger partial charge in [-0.05, 0) is 19.3 Å². The van der Waals surface area contributed by atoms with Crippen molar-refractivity contribution >= 4 is 0 Å². The molecule has 2 heterocycles. The highest BCUT2D eigenvalue weighted by atomic mass is 16.3. The summed E-state index contributed by atoms with van der Waals surface area (Å²) in [6, 6.07) is 1.22. The molecule has 4 atom stereocenters. The predicted molar refractivity (Wildman–Crippen MR) is 54.1 cm³/mol. The van der Waals surface area contributed by atoms with Crippen molar-refractivity contribution in [1.29, 1.82) is 0 Å². The smallest absolute Gasteiger partial charge is 0.140 e. The summed E-state index contributed by atoms with van der Waals surface area (Å²) in [7, 11) is 1.95. The Morgan fingerprint density at radius 2 is 2.33 bits per heavy atom. The lowest BCUT2D eigenvalue weighted by molar-refractivity contribution is 0.0273. The molecule has 2 N–H and O–H groups in total. The van der Waals surface area contributed by atoms with Crippen molar-refractivity contribution in [2.75, 3.05) is 0 Å². The fourth-order valence-corrected chi connectivity index (χ4v) is 3.76. The van der Waals surface area contributed by atoms with Crippen molar-refractivity contribution in [3.05, 3.63) is 18.2 Å². The standard InChI is InChI=1S/C11H15N3O/c1-14-3-2-12-9(14)11(15)5-8-10(6-11)4-7(10)13-8/h2-3,7-8,13,15H,4-6H2,1H3. The maximum Gasteiger partial charge on any atom is 0.140 e. The zero-order valence-corrected chi connectivity index (χ0v) is 8.77. The lowest BCUT2D eigenvalue weighted by Crippen LogP contribution is -2.49. The first-order chi connectivity index (χ1) is 7.14. The Morgan fingerprint density at radius 3 is 2.87 bits per heavy atom. The van der Waals surface area contributed by atoms with Crippen molar-refractivity contribution in [1.82, 2.24) is 14.9 Å². The zero-order valence-electron chi connectivity index (χ0n) is 8.77. The molecule has 3 aliphatic rings. The molecular weight excluding hydrogens is 190 g/mol. The van der Waals surface area contributed by atoms with Crippen LogP contribution in [0.4, 0.5) is 0 Å². The van der Waals surface area contributed by atoms with Crippen LogP contribution >= 0.6 is 0 Å². The zero-order chi connectivity index (χ0) is 10.3. The molecular formula is C11H15N3O. The van der Waals surface area contributed by atoms with Gasteiger partial charge in [0, 0.05) is 36.9 Å². The Bertz CT molecular complexity index is 441. The quantitative estimate of drug-likeness (QED) is 0.685. The molecule has 1 aromatic heterocycles. The molecule has 2 aliphatic carbocycles. The predicted octanol–water partition coefficient (Wildman–Crippen LogP) is 0.132. The third-order valence-corrected chi connectivity index (χ3v) is 4.62. The number of aliphatic hydroxyl groups is 1. The number of rotatable bonds is 1. The number of aryl methyl sites for hydroxylation is 1. The molecule has 15 heavy (non-hydrogen) atoms. The summed E-state index contributed by atoms with van der Waals surface area (Å²) in [5.74, 6) is 0.832. The first-order valence-electron chi connectivity index (χ1n) is 5.60. The van der Waals surface area contributed by atoms with Gasteiger partial charge in [0.25, 0.3) is 0 Å². The van der Waals surface area contributed by atoms with Crippen LogP contribution in [0.3, 0.4) is 0 Å². The van der Waals surface area contributed by atoms with E-state index >= 15 is 0 Å². The lowest BCUT2D eigenvalue weighted by Gasteiger charge is -2.30. The molecule has 0 bridgehead atoms. The largest absolute Gasteiger partial charge is 0.382 e. The van der Waals surface area contributed by atoms with Crippen molar-refractivity contribution in [3.63, 3.8) is 0 Å². The minimum atomic E-state index is -0.693. The summed E-state index contributed by atoms with van der Waals surface area (Å²) in [6.07, 6.45) is 6.65. The van der Waals surface area contributed by atoms with Crippen LogP contribution < -0.4 is 5.32 Å². The summed E-state index contributed by atoms with van der Waals surface area (Å²) in [4.78, 5) is 4.30. The monoisotopic (exact) mass is 205 g/mol. The first-order valence-corrected chi connectivity index (χ1v) is 5.60. The van der Waals surface area contributed by atoms with E-state index in [4.69, 9.17) is 0 Å². The van der Waals surface area contributed by atoms with E-state index in [0.29, 0.717) is 17.5 Å². The van der Waals surface area contributed by atoms with Crippen LogP contribution in [-0.2, 0) is 12.6 Å². The molecule has 1 spiro atoms. The van der Waals surface area contributed by atoms with E-state index in [-0.39, 0.29) is 0 Å². The number of nitrogens with zero attached hydrogens (tertiary/aromatic N) is 2. The molecule has 1 aliphatic heterocycles. The fraction of sp³-hybridized carbons (Fsp3) is 0.727. The summed E-state index contributed by atoms with van der Waals surface area (Å²) in [6.45, 7) is 0. The SMILES string of the molecule is Cn1ccnc1C1(O)CC2NC3CC23C1. The third kappa shape index (κ3) is 0.799. The van der Waals surface area contributed by atoms with Crippen molar-refractivity contribution in [3.8, 4) is 0 Å². The van der Waals surface area contributed by atoms with Gasteiger partial charge in [-0.15, -0.1) is 0 Å². The molecule has 0 aromatic carbocycles. The van der Waals surface area contributed by atoms with Gasteiger partial charge >= 0.3 is 0 Å². The van der Waals surface area contributed by atoms with Gasteiger partial charge in [0.2, 0.25) is 0 Å². The maximum atomic E-state index is 10.7. The van der Waals surface area contributed by atoms with Crippen LogP contribution in [0.25, 0.3) is 0 Å². The normalized spacial score (nSPS) is 50.8. The molecule has 1 aromatic rings. The molecule has 4 nitrogen and oxygen atoms in total. The summed E-state index contributed by atoms with van der Waals surface area (Å²) < 4.78 is 1.94.